The Bertz CT molecular complexity index is 145. The molecule has 2 heteroatoms. The van der Waals surface area contributed by atoms with Crippen molar-refractivity contribution in [3.63, 3.8) is 0 Å². The minimum Gasteiger partial charge on any atom is -0.246 e. The molecule has 10 heavy (non-hydrogen) atoms. The molecule has 0 spiro atoms. The molecule has 0 aromatic carbocycles. The summed E-state index contributed by atoms with van der Waals surface area (Å²) >= 11 is 0. The highest BCUT2D eigenvalue weighted by atomic mass is 19.1. The van der Waals surface area contributed by atoms with Crippen molar-refractivity contribution in [1.29, 1.82) is 0 Å². The number of alkyl halides is 1. The van der Waals surface area contributed by atoms with Crippen molar-refractivity contribution in [1.82, 2.24) is 0 Å². The first-order valence-corrected chi connectivity index (χ1v) is 3.30. The third kappa shape index (κ3) is 3.38. The molecule has 0 saturated carbocycles. The highest BCUT2D eigenvalue weighted by Gasteiger charge is 1.94. The van der Waals surface area contributed by atoms with E-state index in [1.807, 2.05) is 6.92 Å². The van der Waals surface area contributed by atoms with Crippen molar-refractivity contribution in [2.75, 3.05) is 6.67 Å². The number of hydrogen-bond acceptors (Lipinski definition) is 0. The summed E-state index contributed by atoms with van der Waals surface area (Å²) in [6.45, 7) is 2.63. The molecule has 0 heterocycles. The van der Waals surface area contributed by atoms with Crippen LogP contribution in [0, 0.1) is 0 Å². The van der Waals surface area contributed by atoms with Gasteiger partial charge in [0.1, 0.15) is 12.5 Å². The van der Waals surface area contributed by atoms with Crippen molar-refractivity contribution < 1.29 is 8.78 Å². The van der Waals surface area contributed by atoms with E-state index in [0.717, 1.165) is 6.42 Å². The molecule has 58 valence electrons. The second-order valence-corrected chi connectivity index (χ2v) is 2.07. The van der Waals surface area contributed by atoms with Gasteiger partial charge in [0.05, 0.1) is 0 Å². The Morgan fingerprint density at radius 2 is 2.10 bits per heavy atom. The summed E-state index contributed by atoms with van der Waals surface area (Å²) < 4.78 is 24.3. The van der Waals surface area contributed by atoms with Crippen LogP contribution in [0.1, 0.15) is 20.3 Å². The molecular weight excluding hydrogens is 134 g/mol. The van der Waals surface area contributed by atoms with Gasteiger partial charge >= 0.3 is 0 Å². The normalized spacial score (nSPS) is 14.0. The van der Waals surface area contributed by atoms with Crippen LogP contribution >= 0.6 is 0 Å². The molecule has 0 fully saturated rings. The van der Waals surface area contributed by atoms with E-state index < -0.39 is 12.5 Å². The zero-order chi connectivity index (χ0) is 7.98. The van der Waals surface area contributed by atoms with Crippen LogP contribution in [0.25, 0.3) is 0 Å². The van der Waals surface area contributed by atoms with Gasteiger partial charge in [-0.25, -0.2) is 8.78 Å². The average Bonchev–Trinajstić information content (AvgIpc) is 1.98. The third-order valence-electron chi connectivity index (χ3n) is 1.11. The molecule has 0 amide bonds. The Hall–Kier alpha value is -0.660. The lowest BCUT2D eigenvalue weighted by Gasteiger charge is -1.91. The lowest BCUT2D eigenvalue weighted by atomic mass is 10.2. The molecule has 0 bridgehead atoms. The number of rotatable bonds is 3. The molecule has 0 aromatic heterocycles. The van der Waals surface area contributed by atoms with Gasteiger partial charge in [-0.05, 0) is 25.0 Å². The van der Waals surface area contributed by atoms with Crippen LogP contribution in [0.3, 0.4) is 0 Å². The maximum atomic E-state index is 12.5. The maximum Gasteiger partial charge on any atom is 0.124 e. The fraction of sp³-hybridized carbons (Fsp3) is 0.500. The summed E-state index contributed by atoms with van der Waals surface area (Å²) in [5.41, 5.74) is 0.157. The molecule has 0 rings (SSSR count). The predicted molar refractivity (Wildman–Crippen MR) is 39.2 cm³/mol. The average molecular weight is 146 g/mol. The summed E-state index contributed by atoms with van der Waals surface area (Å²) in [4.78, 5) is 0. The van der Waals surface area contributed by atoms with Crippen molar-refractivity contribution in [2.45, 2.75) is 20.3 Å². The number of allylic oxidation sites excluding steroid dienone is 4. The molecule has 0 unspecified atom stereocenters. The van der Waals surface area contributed by atoms with Crippen molar-refractivity contribution in [3.05, 3.63) is 23.6 Å². The van der Waals surface area contributed by atoms with E-state index in [9.17, 15) is 8.78 Å². The topological polar surface area (TPSA) is 0 Å². The first kappa shape index (κ1) is 9.34. The summed E-state index contributed by atoms with van der Waals surface area (Å²) in [6.07, 6.45) is 3.73. The lowest BCUT2D eigenvalue weighted by Crippen LogP contribution is -1.80. The van der Waals surface area contributed by atoms with Gasteiger partial charge in [-0.15, -0.1) is 0 Å². The monoisotopic (exact) mass is 146 g/mol. The van der Waals surface area contributed by atoms with E-state index in [4.69, 9.17) is 0 Å². The van der Waals surface area contributed by atoms with Crippen LogP contribution < -0.4 is 0 Å². The van der Waals surface area contributed by atoms with Gasteiger partial charge in [0.2, 0.25) is 0 Å². The molecule has 0 aliphatic rings. The second kappa shape index (κ2) is 5.15. The Balaban J connectivity index is 4.04. The SMILES string of the molecule is CC/C=C\C(F)=C(/C)CF. The van der Waals surface area contributed by atoms with Crippen molar-refractivity contribution >= 4 is 0 Å². The number of halogens is 2. The second-order valence-electron chi connectivity index (χ2n) is 2.07. The zero-order valence-corrected chi connectivity index (χ0v) is 6.32. The highest BCUT2D eigenvalue weighted by Crippen LogP contribution is 2.07. The molecule has 0 atom stereocenters. The molecular formula is C8H12F2. The van der Waals surface area contributed by atoms with Crippen molar-refractivity contribution in [3.8, 4) is 0 Å². The molecule has 0 nitrogen and oxygen atoms in total. The van der Waals surface area contributed by atoms with Crippen LogP contribution in [0.15, 0.2) is 23.6 Å². The van der Waals surface area contributed by atoms with Crippen LogP contribution in [0.5, 0.6) is 0 Å². The van der Waals surface area contributed by atoms with Gasteiger partial charge in [-0.1, -0.05) is 13.0 Å². The predicted octanol–water partition coefficient (Wildman–Crippen LogP) is 3.17. The first-order chi connectivity index (χ1) is 4.72. The zero-order valence-electron chi connectivity index (χ0n) is 6.32. The van der Waals surface area contributed by atoms with E-state index in [2.05, 4.69) is 0 Å². The quantitative estimate of drug-likeness (QED) is 0.536. The number of hydrogen-bond donors (Lipinski definition) is 0. The van der Waals surface area contributed by atoms with E-state index in [1.165, 1.54) is 13.0 Å². The van der Waals surface area contributed by atoms with Gasteiger partial charge in [0.15, 0.2) is 0 Å². The fourth-order valence-electron chi connectivity index (χ4n) is 0.427. The summed E-state index contributed by atoms with van der Waals surface area (Å²) in [7, 11) is 0. The Morgan fingerprint density at radius 3 is 2.50 bits per heavy atom. The Kier molecular flexibility index (Phi) is 4.81. The minimum atomic E-state index is -0.708. The van der Waals surface area contributed by atoms with E-state index >= 15 is 0 Å². The van der Waals surface area contributed by atoms with E-state index in [0.29, 0.717) is 0 Å². The Labute approximate surface area is 60.2 Å². The van der Waals surface area contributed by atoms with Crippen LogP contribution in [-0.4, -0.2) is 6.67 Å². The maximum absolute atomic E-state index is 12.5. The summed E-state index contributed by atoms with van der Waals surface area (Å²) in [5.74, 6) is -0.454. The molecule has 0 aliphatic heterocycles. The molecule has 0 saturated heterocycles. The molecule has 0 aliphatic carbocycles. The van der Waals surface area contributed by atoms with Gasteiger partial charge in [-0.3, -0.25) is 0 Å². The standard InChI is InChI=1S/C8H12F2/c1-3-4-5-8(10)7(2)6-9/h4-5H,3,6H2,1-2H3/b5-4-,8-7-. The molecule has 0 aromatic rings. The largest absolute Gasteiger partial charge is 0.246 e. The Morgan fingerprint density at radius 1 is 1.50 bits per heavy atom. The molecule has 0 radical (unpaired) electrons. The van der Waals surface area contributed by atoms with Crippen LogP contribution in [0.4, 0.5) is 8.78 Å². The van der Waals surface area contributed by atoms with Gasteiger partial charge in [-0.2, -0.15) is 0 Å². The van der Waals surface area contributed by atoms with Gasteiger partial charge in [0, 0.05) is 0 Å². The summed E-state index contributed by atoms with van der Waals surface area (Å²) in [6, 6.07) is 0. The third-order valence-corrected chi connectivity index (χ3v) is 1.11. The lowest BCUT2D eigenvalue weighted by molar-refractivity contribution is 0.525. The van der Waals surface area contributed by atoms with Gasteiger partial charge in [0.25, 0.3) is 0 Å². The molecule has 0 N–H and O–H groups in total. The van der Waals surface area contributed by atoms with Crippen molar-refractivity contribution in [2.24, 2.45) is 0 Å². The highest BCUT2D eigenvalue weighted by molar-refractivity contribution is 5.17. The summed E-state index contributed by atoms with van der Waals surface area (Å²) in [5, 5.41) is 0. The van der Waals surface area contributed by atoms with Crippen LogP contribution in [0.2, 0.25) is 0 Å². The van der Waals surface area contributed by atoms with Gasteiger partial charge < -0.3 is 0 Å². The van der Waals surface area contributed by atoms with E-state index in [1.54, 1.807) is 6.08 Å². The van der Waals surface area contributed by atoms with E-state index in [-0.39, 0.29) is 5.57 Å². The first-order valence-electron chi connectivity index (χ1n) is 3.30. The fourth-order valence-corrected chi connectivity index (χ4v) is 0.427. The van der Waals surface area contributed by atoms with Crippen LogP contribution in [-0.2, 0) is 0 Å². The minimum absolute atomic E-state index is 0.157. The smallest absolute Gasteiger partial charge is 0.124 e.